The number of hydrogen-bond donors (Lipinski definition) is 1. The molecule has 3 rings (SSSR count). The SMILES string of the molecule is CCC(Oc1ccccc1F)C(=O)N1CCC2(CCNC2)CC1. The highest BCUT2D eigenvalue weighted by Gasteiger charge is 2.39. The molecule has 1 spiro atoms. The van der Waals surface area contributed by atoms with Crippen molar-refractivity contribution in [3.63, 3.8) is 0 Å². The maximum absolute atomic E-state index is 13.7. The summed E-state index contributed by atoms with van der Waals surface area (Å²) >= 11 is 0. The molecule has 0 aromatic heterocycles. The van der Waals surface area contributed by atoms with Gasteiger partial charge in [0.05, 0.1) is 0 Å². The fourth-order valence-electron chi connectivity index (χ4n) is 3.63. The second-order valence-electron chi connectivity index (χ2n) is 6.70. The van der Waals surface area contributed by atoms with E-state index < -0.39 is 11.9 Å². The molecule has 0 radical (unpaired) electrons. The van der Waals surface area contributed by atoms with Crippen molar-refractivity contribution in [2.75, 3.05) is 26.2 Å². The number of hydrogen-bond acceptors (Lipinski definition) is 3. The lowest BCUT2D eigenvalue weighted by atomic mass is 9.78. The summed E-state index contributed by atoms with van der Waals surface area (Å²) in [4.78, 5) is 14.6. The number of amides is 1. The Kier molecular flexibility index (Phi) is 4.85. The van der Waals surface area contributed by atoms with Crippen molar-refractivity contribution in [1.82, 2.24) is 10.2 Å². The highest BCUT2D eigenvalue weighted by atomic mass is 19.1. The fourth-order valence-corrected chi connectivity index (χ4v) is 3.63. The molecule has 1 atom stereocenters. The van der Waals surface area contributed by atoms with Gasteiger partial charge in [0.15, 0.2) is 17.7 Å². The van der Waals surface area contributed by atoms with Crippen LogP contribution >= 0.6 is 0 Å². The van der Waals surface area contributed by atoms with E-state index in [0.717, 1.165) is 39.0 Å². The van der Waals surface area contributed by atoms with Crippen LogP contribution in [0.15, 0.2) is 24.3 Å². The van der Waals surface area contributed by atoms with E-state index in [9.17, 15) is 9.18 Å². The first-order chi connectivity index (χ1) is 11.1. The van der Waals surface area contributed by atoms with Crippen molar-refractivity contribution < 1.29 is 13.9 Å². The van der Waals surface area contributed by atoms with Crippen LogP contribution in [0.2, 0.25) is 0 Å². The Hall–Kier alpha value is -1.62. The largest absolute Gasteiger partial charge is 0.478 e. The van der Waals surface area contributed by atoms with Crippen LogP contribution in [0.25, 0.3) is 0 Å². The molecule has 1 amide bonds. The lowest BCUT2D eigenvalue weighted by Gasteiger charge is -2.39. The van der Waals surface area contributed by atoms with Gasteiger partial charge in [-0.05, 0) is 49.8 Å². The average molecular weight is 320 g/mol. The van der Waals surface area contributed by atoms with E-state index in [4.69, 9.17) is 4.74 Å². The molecule has 1 aromatic rings. The van der Waals surface area contributed by atoms with E-state index in [1.807, 2.05) is 11.8 Å². The van der Waals surface area contributed by atoms with Gasteiger partial charge in [0.1, 0.15) is 0 Å². The van der Waals surface area contributed by atoms with Crippen molar-refractivity contribution in [3.05, 3.63) is 30.1 Å². The zero-order valence-electron chi connectivity index (χ0n) is 13.7. The average Bonchev–Trinajstić information content (AvgIpc) is 3.02. The van der Waals surface area contributed by atoms with Crippen molar-refractivity contribution in [2.45, 2.75) is 38.7 Å². The Morgan fingerprint density at radius 1 is 1.35 bits per heavy atom. The number of likely N-dealkylation sites (tertiary alicyclic amines) is 1. The molecule has 126 valence electrons. The van der Waals surface area contributed by atoms with Gasteiger partial charge in [-0.2, -0.15) is 0 Å². The Bertz CT molecular complexity index is 548. The maximum Gasteiger partial charge on any atom is 0.263 e. The first kappa shape index (κ1) is 16.2. The number of carbonyl (C=O) groups excluding carboxylic acids is 1. The van der Waals surface area contributed by atoms with Crippen LogP contribution in [-0.2, 0) is 4.79 Å². The van der Waals surface area contributed by atoms with Crippen molar-refractivity contribution >= 4 is 5.91 Å². The molecular weight excluding hydrogens is 295 g/mol. The minimum Gasteiger partial charge on any atom is -0.478 e. The topological polar surface area (TPSA) is 41.6 Å². The monoisotopic (exact) mass is 320 g/mol. The minimum atomic E-state index is -0.609. The van der Waals surface area contributed by atoms with Crippen LogP contribution < -0.4 is 10.1 Å². The Labute approximate surface area is 137 Å². The number of nitrogens with zero attached hydrogens (tertiary/aromatic N) is 1. The number of ether oxygens (including phenoxy) is 1. The van der Waals surface area contributed by atoms with E-state index in [2.05, 4.69) is 5.32 Å². The molecule has 5 heteroatoms. The molecule has 0 bridgehead atoms. The molecule has 0 saturated carbocycles. The molecule has 2 heterocycles. The van der Waals surface area contributed by atoms with E-state index in [1.165, 1.54) is 12.5 Å². The van der Waals surface area contributed by atoms with Crippen LogP contribution in [0.5, 0.6) is 5.75 Å². The number of nitrogens with one attached hydrogen (secondary N) is 1. The third kappa shape index (κ3) is 3.50. The molecule has 2 fully saturated rings. The number of para-hydroxylation sites is 1. The van der Waals surface area contributed by atoms with Crippen LogP contribution in [0.4, 0.5) is 4.39 Å². The fraction of sp³-hybridized carbons (Fsp3) is 0.611. The third-order valence-corrected chi connectivity index (χ3v) is 5.22. The standard InChI is InChI=1S/C18H25FN2O2/c1-2-15(23-16-6-4-3-5-14(16)19)17(22)21-11-8-18(9-12-21)7-10-20-13-18/h3-6,15,20H,2,7-13H2,1H3. The third-order valence-electron chi connectivity index (χ3n) is 5.22. The summed E-state index contributed by atoms with van der Waals surface area (Å²) in [6, 6.07) is 6.25. The zero-order chi connectivity index (χ0) is 16.3. The summed E-state index contributed by atoms with van der Waals surface area (Å²) in [5.41, 5.74) is 0.380. The number of rotatable bonds is 4. The van der Waals surface area contributed by atoms with Crippen molar-refractivity contribution in [2.24, 2.45) is 5.41 Å². The van der Waals surface area contributed by atoms with E-state index in [-0.39, 0.29) is 11.7 Å². The van der Waals surface area contributed by atoms with Gasteiger partial charge in [0.2, 0.25) is 0 Å². The summed E-state index contributed by atoms with van der Waals surface area (Å²) in [5, 5.41) is 3.43. The van der Waals surface area contributed by atoms with Crippen molar-refractivity contribution in [3.8, 4) is 5.75 Å². The normalized spacial score (nSPS) is 21.4. The summed E-state index contributed by atoms with van der Waals surface area (Å²) in [6.45, 7) is 5.60. The van der Waals surface area contributed by atoms with Gasteiger partial charge >= 0.3 is 0 Å². The van der Waals surface area contributed by atoms with Gasteiger partial charge in [-0.25, -0.2) is 4.39 Å². The van der Waals surface area contributed by atoms with Gasteiger partial charge in [-0.3, -0.25) is 4.79 Å². The lowest BCUT2D eigenvalue weighted by molar-refractivity contribution is -0.141. The second kappa shape index (κ2) is 6.87. The lowest BCUT2D eigenvalue weighted by Crippen LogP contribution is -2.48. The Morgan fingerprint density at radius 2 is 2.09 bits per heavy atom. The number of piperidine rings is 1. The second-order valence-corrected chi connectivity index (χ2v) is 6.70. The van der Waals surface area contributed by atoms with Crippen molar-refractivity contribution in [1.29, 1.82) is 0 Å². The number of halogens is 1. The molecule has 4 nitrogen and oxygen atoms in total. The first-order valence-corrected chi connectivity index (χ1v) is 8.54. The highest BCUT2D eigenvalue weighted by molar-refractivity contribution is 5.81. The Morgan fingerprint density at radius 3 is 2.70 bits per heavy atom. The minimum absolute atomic E-state index is 0.0171. The van der Waals surface area contributed by atoms with E-state index in [1.54, 1.807) is 18.2 Å². The van der Waals surface area contributed by atoms with Crippen LogP contribution in [0.1, 0.15) is 32.6 Å². The zero-order valence-corrected chi connectivity index (χ0v) is 13.7. The molecule has 2 aliphatic heterocycles. The molecule has 0 aliphatic carbocycles. The van der Waals surface area contributed by atoms with Gasteiger partial charge < -0.3 is 15.0 Å². The molecule has 2 saturated heterocycles. The summed E-state index contributed by atoms with van der Waals surface area (Å²) in [5.74, 6) is -0.286. The van der Waals surface area contributed by atoms with Gasteiger partial charge in [0, 0.05) is 19.6 Å². The first-order valence-electron chi connectivity index (χ1n) is 8.54. The Balaban J connectivity index is 1.61. The predicted octanol–water partition coefficient (Wildman–Crippen LogP) is 2.59. The van der Waals surface area contributed by atoms with E-state index >= 15 is 0 Å². The quantitative estimate of drug-likeness (QED) is 0.927. The van der Waals surface area contributed by atoms with Crippen LogP contribution in [0, 0.1) is 11.2 Å². The van der Waals surface area contributed by atoms with Gasteiger partial charge in [-0.1, -0.05) is 19.1 Å². The number of benzene rings is 1. The molecule has 23 heavy (non-hydrogen) atoms. The molecular formula is C18H25FN2O2. The highest BCUT2D eigenvalue weighted by Crippen LogP contribution is 2.37. The number of carbonyl (C=O) groups is 1. The smallest absolute Gasteiger partial charge is 0.263 e. The molecule has 2 aliphatic rings. The molecule has 1 N–H and O–H groups in total. The maximum atomic E-state index is 13.7. The van der Waals surface area contributed by atoms with E-state index in [0.29, 0.717) is 11.8 Å². The summed E-state index contributed by atoms with van der Waals surface area (Å²) < 4.78 is 19.4. The summed E-state index contributed by atoms with van der Waals surface area (Å²) in [7, 11) is 0. The van der Waals surface area contributed by atoms with Gasteiger partial charge in [0.25, 0.3) is 5.91 Å². The molecule has 1 aromatic carbocycles. The van der Waals surface area contributed by atoms with Crippen LogP contribution in [0.3, 0.4) is 0 Å². The summed E-state index contributed by atoms with van der Waals surface area (Å²) in [6.07, 6.45) is 3.22. The van der Waals surface area contributed by atoms with Crippen LogP contribution in [-0.4, -0.2) is 43.1 Å². The predicted molar refractivity (Wildman–Crippen MR) is 86.8 cm³/mol. The van der Waals surface area contributed by atoms with Gasteiger partial charge in [-0.15, -0.1) is 0 Å². The molecule has 1 unspecified atom stereocenters.